The smallest absolute Gasteiger partial charge is 0.224 e. The lowest BCUT2D eigenvalue weighted by Gasteiger charge is -2.15. The number of ether oxygens (including phenoxy) is 1. The average Bonchev–Trinajstić information content (AvgIpc) is 3.05. The number of aryl methyl sites for hydroxylation is 1. The van der Waals surface area contributed by atoms with Crippen LogP contribution in [0.1, 0.15) is 30.9 Å². The maximum atomic E-state index is 12.1. The van der Waals surface area contributed by atoms with Crippen molar-refractivity contribution in [3.63, 3.8) is 0 Å². The largest absolute Gasteiger partial charge is 0.494 e. The van der Waals surface area contributed by atoms with Crippen molar-refractivity contribution in [3.05, 3.63) is 52.5 Å². The van der Waals surface area contributed by atoms with Crippen molar-refractivity contribution in [2.24, 2.45) is 0 Å². The van der Waals surface area contributed by atoms with E-state index in [1.807, 2.05) is 37.3 Å². The first-order chi connectivity index (χ1) is 12.9. The summed E-state index contributed by atoms with van der Waals surface area (Å²) in [6.45, 7) is 4.66. The summed E-state index contributed by atoms with van der Waals surface area (Å²) in [6, 6.07) is 11.2. The Bertz CT molecular complexity index is 867. The van der Waals surface area contributed by atoms with Gasteiger partial charge in [0, 0.05) is 36.3 Å². The number of amides is 2. The van der Waals surface area contributed by atoms with Crippen molar-refractivity contribution in [1.29, 1.82) is 0 Å². The molecular formula is C21H23ClN2O3. The van der Waals surface area contributed by atoms with Crippen LogP contribution in [0.2, 0.25) is 5.02 Å². The Balaban J connectivity index is 1.46. The molecule has 0 atom stereocenters. The first kappa shape index (κ1) is 19.2. The second kappa shape index (κ2) is 8.44. The third-order valence-corrected chi connectivity index (χ3v) is 5.01. The standard InChI is InChI=1S/C21H23ClN2O3/c1-14-12-18(6-7-19(14)22)27-11-3-4-21(26)23-17-5-8-20-16(13-17)9-10-24(20)15(2)25/h5-8,12-13H,3-4,9-11H2,1-2H3,(H,23,26). The number of benzene rings is 2. The third kappa shape index (κ3) is 4.80. The van der Waals surface area contributed by atoms with Crippen LogP contribution in [0.5, 0.6) is 5.75 Å². The van der Waals surface area contributed by atoms with E-state index >= 15 is 0 Å². The lowest BCUT2D eigenvalue weighted by molar-refractivity contribution is -0.117. The fourth-order valence-corrected chi connectivity index (χ4v) is 3.28. The predicted molar refractivity (Wildman–Crippen MR) is 108 cm³/mol. The molecule has 27 heavy (non-hydrogen) atoms. The number of anilines is 2. The van der Waals surface area contributed by atoms with Crippen LogP contribution in [0, 0.1) is 6.92 Å². The monoisotopic (exact) mass is 386 g/mol. The van der Waals surface area contributed by atoms with Crippen molar-refractivity contribution >= 4 is 34.8 Å². The molecule has 1 heterocycles. The van der Waals surface area contributed by atoms with Crippen LogP contribution >= 0.6 is 11.6 Å². The van der Waals surface area contributed by atoms with Gasteiger partial charge in [0.2, 0.25) is 11.8 Å². The van der Waals surface area contributed by atoms with Gasteiger partial charge in [-0.05, 0) is 67.3 Å². The molecule has 3 rings (SSSR count). The second-order valence-electron chi connectivity index (χ2n) is 6.68. The number of fused-ring (bicyclic) bond motifs is 1. The zero-order chi connectivity index (χ0) is 19.4. The molecule has 0 saturated heterocycles. The summed E-state index contributed by atoms with van der Waals surface area (Å²) in [5, 5.41) is 3.63. The van der Waals surface area contributed by atoms with Crippen LogP contribution in [0.25, 0.3) is 0 Å². The number of nitrogens with zero attached hydrogens (tertiary/aromatic N) is 1. The summed E-state index contributed by atoms with van der Waals surface area (Å²) in [6.07, 6.45) is 1.81. The maximum Gasteiger partial charge on any atom is 0.224 e. The summed E-state index contributed by atoms with van der Waals surface area (Å²) in [7, 11) is 0. The molecule has 0 bridgehead atoms. The minimum Gasteiger partial charge on any atom is -0.494 e. The Hall–Kier alpha value is -2.53. The molecule has 2 aromatic carbocycles. The highest BCUT2D eigenvalue weighted by Crippen LogP contribution is 2.30. The molecule has 2 aromatic rings. The van der Waals surface area contributed by atoms with E-state index in [0.29, 0.717) is 31.0 Å². The predicted octanol–water partition coefficient (Wildman–Crippen LogP) is 4.36. The van der Waals surface area contributed by atoms with E-state index in [-0.39, 0.29) is 11.8 Å². The van der Waals surface area contributed by atoms with E-state index in [9.17, 15) is 9.59 Å². The molecule has 2 amide bonds. The number of hydrogen-bond donors (Lipinski definition) is 1. The fraction of sp³-hybridized carbons (Fsp3) is 0.333. The van der Waals surface area contributed by atoms with Crippen molar-refractivity contribution in [1.82, 2.24) is 0 Å². The summed E-state index contributed by atoms with van der Waals surface area (Å²) >= 11 is 5.99. The SMILES string of the molecule is CC(=O)N1CCc2cc(NC(=O)CCCOc3ccc(Cl)c(C)c3)ccc21. The van der Waals surface area contributed by atoms with Crippen LogP contribution in [0.3, 0.4) is 0 Å². The van der Waals surface area contributed by atoms with Gasteiger partial charge >= 0.3 is 0 Å². The highest BCUT2D eigenvalue weighted by Gasteiger charge is 2.22. The number of carbonyl (C=O) groups is 2. The van der Waals surface area contributed by atoms with Crippen molar-refractivity contribution in [3.8, 4) is 5.75 Å². The van der Waals surface area contributed by atoms with Gasteiger partial charge in [0.1, 0.15) is 5.75 Å². The van der Waals surface area contributed by atoms with Crippen molar-refractivity contribution < 1.29 is 14.3 Å². The Morgan fingerprint density at radius 1 is 1.22 bits per heavy atom. The molecule has 0 aliphatic carbocycles. The van der Waals surface area contributed by atoms with Crippen molar-refractivity contribution in [2.75, 3.05) is 23.4 Å². The van der Waals surface area contributed by atoms with Crippen LogP contribution in [-0.4, -0.2) is 25.0 Å². The normalized spacial score (nSPS) is 12.6. The van der Waals surface area contributed by atoms with Gasteiger partial charge in [0.05, 0.1) is 6.61 Å². The molecule has 142 valence electrons. The molecule has 1 aliphatic heterocycles. The first-order valence-corrected chi connectivity index (χ1v) is 9.41. The minimum atomic E-state index is -0.0488. The Kier molecular flexibility index (Phi) is 6.01. The summed E-state index contributed by atoms with van der Waals surface area (Å²) in [4.78, 5) is 25.5. The lowest BCUT2D eigenvalue weighted by Crippen LogP contribution is -2.25. The zero-order valence-corrected chi connectivity index (χ0v) is 16.3. The van der Waals surface area contributed by atoms with E-state index in [1.54, 1.807) is 17.9 Å². The van der Waals surface area contributed by atoms with Gasteiger partial charge in [-0.1, -0.05) is 11.6 Å². The molecular weight excluding hydrogens is 364 g/mol. The topological polar surface area (TPSA) is 58.6 Å². The number of rotatable bonds is 6. The van der Waals surface area contributed by atoms with E-state index in [4.69, 9.17) is 16.3 Å². The molecule has 1 N–H and O–H groups in total. The van der Waals surface area contributed by atoms with Gasteiger partial charge in [0.15, 0.2) is 0 Å². The van der Waals surface area contributed by atoms with Gasteiger partial charge in [0.25, 0.3) is 0 Å². The van der Waals surface area contributed by atoms with E-state index in [0.717, 1.165) is 34.7 Å². The Morgan fingerprint density at radius 2 is 2.04 bits per heavy atom. The number of nitrogens with one attached hydrogen (secondary N) is 1. The third-order valence-electron chi connectivity index (χ3n) is 4.59. The molecule has 1 aliphatic rings. The van der Waals surface area contributed by atoms with Crippen LogP contribution in [0.4, 0.5) is 11.4 Å². The van der Waals surface area contributed by atoms with Gasteiger partial charge in [-0.25, -0.2) is 0 Å². The first-order valence-electron chi connectivity index (χ1n) is 9.04. The van der Waals surface area contributed by atoms with Crippen LogP contribution in [0.15, 0.2) is 36.4 Å². The Labute approximate surface area is 164 Å². The molecule has 0 unspecified atom stereocenters. The van der Waals surface area contributed by atoms with Crippen LogP contribution < -0.4 is 15.0 Å². The van der Waals surface area contributed by atoms with Gasteiger partial charge < -0.3 is 15.0 Å². The summed E-state index contributed by atoms with van der Waals surface area (Å²) < 4.78 is 5.66. The summed E-state index contributed by atoms with van der Waals surface area (Å²) in [5.74, 6) is 0.750. The van der Waals surface area contributed by atoms with Crippen LogP contribution in [-0.2, 0) is 16.0 Å². The minimum absolute atomic E-state index is 0.0430. The fourth-order valence-electron chi connectivity index (χ4n) is 3.16. The molecule has 0 spiro atoms. The molecule has 5 nitrogen and oxygen atoms in total. The Morgan fingerprint density at radius 3 is 2.78 bits per heavy atom. The van der Waals surface area contributed by atoms with Gasteiger partial charge in [-0.2, -0.15) is 0 Å². The average molecular weight is 387 g/mol. The molecule has 0 fully saturated rings. The lowest BCUT2D eigenvalue weighted by atomic mass is 10.1. The zero-order valence-electron chi connectivity index (χ0n) is 15.5. The van der Waals surface area contributed by atoms with Gasteiger partial charge in [-0.15, -0.1) is 0 Å². The quantitative estimate of drug-likeness (QED) is 0.750. The number of carbonyl (C=O) groups excluding carboxylic acids is 2. The molecule has 0 radical (unpaired) electrons. The van der Waals surface area contributed by atoms with E-state index in [2.05, 4.69) is 5.32 Å². The number of halogens is 1. The summed E-state index contributed by atoms with van der Waals surface area (Å²) in [5.41, 5.74) is 3.75. The van der Waals surface area contributed by atoms with E-state index in [1.165, 1.54) is 0 Å². The number of hydrogen-bond acceptors (Lipinski definition) is 3. The highest BCUT2D eigenvalue weighted by atomic mass is 35.5. The van der Waals surface area contributed by atoms with Crippen molar-refractivity contribution in [2.45, 2.75) is 33.1 Å². The molecule has 0 saturated carbocycles. The maximum absolute atomic E-state index is 12.1. The second-order valence-corrected chi connectivity index (χ2v) is 7.08. The molecule has 0 aromatic heterocycles. The van der Waals surface area contributed by atoms with E-state index < -0.39 is 0 Å². The highest BCUT2D eigenvalue weighted by molar-refractivity contribution is 6.31. The van der Waals surface area contributed by atoms with Gasteiger partial charge in [-0.3, -0.25) is 9.59 Å². The molecule has 6 heteroatoms.